The highest BCUT2D eigenvalue weighted by molar-refractivity contribution is 6.31. The van der Waals surface area contributed by atoms with Crippen molar-refractivity contribution in [3.63, 3.8) is 0 Å². The Morgan fingerprint density at radius 2 is 1.86 bits per heavy atom. The van der Waals surface area contributed by atoms with Crippen molar-refractivity contribution >= 4 is 34.2 Å². The molecule has 28 heavy (non-hydrogen) atoms. The first kappa shape index (κ1) is 18.8. The predicted octanol–water partition coefficient (Wildman–Crippen LogP) is 4.50. The summed E-state index contributed by atoms with van der Waals surface area (Å²) in [5.41, 5.74) is 3.75. The van der Waals surface area contributed by atoms with Gasteiger partial charge in [-0.15, -0.1) is 0 Å². The van der Waals surface area contributed by atoms with Crippen molar-refractivity contribution in [2.45, 2.75) is 13.5 Å². The van der Waals surface area contributed by atoms with E-state index in [2.05, 4.69) is 29.2 Å². The number of amides is 1. The van der Waals surface area contributed by atoms with Crippen molar-refractivity contribution in [3.8, 4) is 0 Å². The molecule has 0 radical (unpaired) electrons. The molecule has 0 bridgehead atoms. The molecular formula is C22H23ClN2O3. The summed E-state index contributed by atoms with van der Waals surface area (Å²) in [5.74, 6) is 0.229. The standard InChI is InChI=1S/C22H23ClN2O3/c1-15-19-13-17(23)5-8-20(19)28-21(15)22(26)24(2)14-16-3-6-18(7-4-16)25-9-11-27-12-10-25/h3-8,13H,9-12,14H2,1-2H3. The Labute approximate surface area is 169 Å². The van der Waals surface area contributed by atoms with E-state index in [1.165, 1.54) is 5.69 Å². The number of hydrogen-bond acceptors (Lipinski definition) is 4. The van der Waals surface area contributed by atoms with E-state index in [4.69, 9.17) is 20.8 Å². The number of fused-ring (bicyclic) bond motifs is 1. The van der Waals surface area contributed by atoms with Gasteiger partial charge in [-0.1, -0.05) is 23.7 Å². The second kappa shape index (κ2) is 7.86. The van der Waals surface area contributed by atoms with Gasteiger partial charge < -0.3 is 19.0 Å². The van der Waals surface area contributed by atoms with Gasteiger partial charge in [-0.05, 0) is 42.8 Å². The Morgan fingerprint density at radius 3 is 2.57 bits per heavy atom. The average Bonchev–Trinajstić information content (AvgIpc) is 3.04. The van der Waals surface area contributed by atoms with Crippen LogP contribution in [0.4, 0.5) is 5.69 Å². The fraction of sp³-hybridized carbons (Fsp3) is 0.318. The Balaban J connectivity index is 1.48. The van der Waals surface area contributed by atoms with Crippen molar-refractivity contribution < 1.29 is 13.9 Å². The van der Waals surface area contributed by atoms with E-state index in [1.807, 2.05) is 13.0 Å². The van der Waals surface area contributed by atoms with Crippen molar-refractivity contribution in [2.24, 2.45) is 0 Å². The zero-order chi connectivity index (χ0) is 19.7. The molecule has 5 nitrogen and oxygen atoms in total. The van der Waals surface area contributed by atoms with Gasteiger partial charge >= 0.3 is 0 Å². The van der Waals surface area contributed by atoms with Crippen LogP contribution < -0.4 is 4.90 Å². The molecule has 0 atom stereocenters. The first-order valence-electron chi connectivity index (χ1n) is 9.38. The molecule has 6 heteroatoms. The summed E-state index contributed by atoms with van der Waals surface area (Å²) in [6.45, 7) is 5.75. The Bertz CT molecular complexity index is 991. The summed E-state index contributed by atoms with van der Waals surface area (Å²) in [6, 6.07) is 13.7. The fourth-order valence-electron chi connectivity index (χ4n) is 3.55. The topological polar surface area (TPSA) is 45.9 Å². The summed E-state index contributed by atoms with van der Waals surface area (Å²) >= 11 is 6.07. The summed E-state index contributed by atoms with van der Waals surface area (Å²) in [4.78, 5) is 16.9. The molecule has 1 amide bonds. The minimum atomic E-state index is -0.137. The molecule has 0 aliphatic carbocycles. The number of nitrogens with zero attached hydrogens (tertiary/aromatic N) is 2. The van der Waals surface area contributed by atoms with Gasteiger partial charge in [0.1, 0.15) is 5.58 Å². The van der Waals surface area contributed by atoms with Crippen LogP contribution in [0.15, 0.2) is 46.9 Å². The maximum absolute atomic E-state index is 12.9. The highest BCUT2D eigenvalue weighted by atomic mass is 35.5. The lowest BCUT2D eigenvalue weighted by atomic mass is 10.1. The van der Waals surface area contributed by atoms with Gasteiger partial charge in [0.15, 0.2) is 5.76 Å². The number of carbonyl (C=O) groups excluding carboxylic acids is 1. The highest BCUT2D eigenvalue weighted by Crippen LogP contribution is 2.29. The highest BCUT2D eigenvalue weighted by Gasteiger charge is 2.21. The quantitative estimate of drug-likeness (QED) is 0.649. The maximum Gasteiger partial charge on any atom is 0.289 e. The molecule has 3 aromatic rings. The molecular weight excluding hydrogens is 376 g/mol. The lowest BCUT2D eigenvalue weighted by Gasteiger charge is -2.29. The summed E-state index contributed by atoms with van der Waals surface area (Å²) < 4.78 is 11.2. The second-order valence-corrected chi connectivity index (χ2v) is 7.56. The number of anilines is 1. The van der Waals surface area contributed by atoms with Crippen LogP contribution in [0.1, 0.15) is 21.7 Å². The van der Waals surface area contributed by atoms with Crippen LogP contribution >= 0.6 is 11.6 Å². The summed E-state index contributed by atoms with van der Waals surface area (Å²) in [6.07, 6.45) is 0. The van der Waals surface area contributed by atoms with E-state index in [0.717, 1.165) is 42.8 Å². The van der Waals surface area contributed by atoms with Gasteiger partial charge in [0.25, 0.3) is 5.91 Å². The number of aryl methyl sites for hydroxylation is 1. The van der Waals surface area contributed by atoms with E-state index < -0.39 is 0 Å². The average molecular weight is 399 g/mol. The van der Waals surface area contributed by atoms with E-state index in [-0.39, 0.29) is 5.91 Å². The molecule has 0 spiro atoms. The van der Waals surface area contributed by atoms with Crippen molar-refractivity contribution in [2.75, 3.05) is 38.3 Å². The molecule has 1 fully saturated rings. The van der Waals surface area contributed by atoms with E-state index in [0.29, 0.717) is 22.9 Å². The molecule has 1 aliphatic rings. The number of rotatable bonds is 4. The van der Waals surface area contributed by atoms with Gasteiger partial charge in [0, 0.05) is 48.3 Å². The van der Waals surface area contributed by atoms with Gasteiger partial charge in [0.05, 0.1) is 13.2 Å². The third kappa shape index (κ3) is 3.73. The monoisotopic (exact) mass is 398 g/mol. The summed E-state index contributed by atoms with van der Waals surface area (Å²) in [5, 5.41) is 1.50. The van der Waals surface area contributed by atoms with Crippen LogP contribution in [0.5, 0.6) is 0 Å². The predicted molar refractivity (Wildman–Crippen MR) is 111 cm³/mol. The van der Waals surface area contributed by atoms with Crippen LogP contribution in [0.25, 0.3) is 11.0 Å². The number of ether oxygens (including phenoxy) is 1. The molecule has 1 aromatic heterocycles. The molecule has 1 aliphatic heterocycles. The zero-order valence-corrected chi connectivity index (χ0v) is 16.8. The Kier molecular flexibility index (Phi) is 5.29. The van der Waals surface area contributed by atoms with Crippen molar-refractivity contribution in [1.29, 1.82) is 0 Å². The van der Waals surface area contributed by atoms with Crippen molar-refractivity contribution in [3.05, 3.63) is 64.4 Å². The van der Waals surface area contributed by atoms with E-state index >= 15 is 0 Å². The second-order valence-electron chi connectivity index (χ2n) is 7.12. The zero-order valence-electron chi connectivity index (χ0n) is 16.1. The van der Waals surface area contributed by atoms with Crippen LogP contribution in [0.3, 0.4) is 0 Å². The molecule has 2 aromatic carbocycles. The molecule has 2 heterocycles. The number of hydrogen-bond donors (Lipinski definition) is 0. The molecule has 0 N–H and O–H groups in total. The third-order valence-electron chi connectivity index (χ3n) is 5.17. The van der Waals surface area contributed by atoms with Crippen LogP contribution in [0.2, 0.25) is 5.02 Å². The van der Waals surface area contributed by atoms with E-state index in [1.54, 1.807) is 24.1 Å². The van der Waals surface area contributed by atoms with Gasteiger partial charge in [-0.2, -0.15) is 0 Å². The minimum absolute atomic E-state index is 0.137. The van der Waals surface area contributed by atoms with Gasteiger partial charge in [-0.3, -0.25) is 4.79 Å². The first-order valence-corrected chi connectivity index (χ1v) is 9.76. The first-order chi connectivity index (χ1) is 13.5. The van der Waals surface area contributed by atoms with Gasteiger partial charge in [0.2, 0.25) is 0 Å². The molecule has 1 saturated heterocycles. The number of carbonyl (C=O) groups is 1. The molecule has 4 rings (SSSR count). The molecule has 0 saturated carbocycles. The fourth-order valence-corrected chi connectivity index (χ4v) is 3.72. The SMILES string of the molecule is Cc1c(C(=O)N(C)Cc2ccc(N3CCOCC3)cc2)oc2ccc(Cl)cc12. The van der Waals surface area contributed by atoms with Crippen LogP contribution in [0, 0.1) is 6.92 Å². The van der Waals surface area contributed by atoms with Crippen LogP contribution in [-0.4, -0.2) is 44.2 Å². The summed E-state index contributed by atoms with van der Waals surface area (Å²) in [7, 11) is 1.79. The van der Waals surface area contributed by atoms with E-state index in [9.17, 15) is 4.79 Å². The lowest BCUT2D eigenvalue weighted by Crippen LogP contribution is -2.36. The molecule has 146 valence electrons. The molecule has 0 unspecified atom stereocenters. The van der Waals surface area contributed by atoms with Crippen molar-refractivity contribution in [1.82, 2.24) is 4.90 Å². The Morgan fingerprint density at radius 1 is 1.14 bits per heavy atom. The normalized spacial score (nSPS) is 14.5. The number of morpholine rings is 1. The van der Waals surface area contributed by atoms with Gasteiger partial charge in [-0.25, -0.2) is 0 Å². The maximum atomic E-state index is 12.9. The minimum Gasteiger partial charge on any atom is -0.451 e. The largest absolute Gasteiger partial charge is 0.451 e. The third-order valence-corrected chi connectivity index (χ3v) is 5.41. The Hall–Kier alpha value is -2.50. The lowest BCUT2D eigenvalue weighted by molar-refractivity contribution is 0.0755. The smallest absolute Gasteiger partial charge is 0.289 e. The number of furan rings is 1. The number of halogens is 1. The van der Waals surface area contributed by atoms with Crippen LogP contribution in [-0.2, 0) is 11.3 Å². The number of benzene rings is 2.